The zero-order valence-corrected chi connectivity index (χ0v) is 17.0. The van der Waals surface area contributed by atoms with Crippen LogP contribution in [0.3, 0.4) is 0 Å². The molecule has 0 radical (unpaired) electrons. The van der Waals surface area contributed by atoms with Crippen LogP contribution in [0.15, 0.2) is 60.9 Å². The van der Waals surface area contributed by atoms with Crippen molar-refractivity contribution in [2.75, 3.05) is 0 Å². The van der Waals surface area contributed by atoms with Crippen LogP contribution in [0.1, 0.15) is 58.1 Å². The standard InChI is InChI=1S/C25H30N2/c1-5-6-7-8-19-9-11-21(12-10-19)24-26-17-22(18-27-24)20-13-15-23(16-14-20)25(2,3)4/h9-18H,5-8H2,1-4H3. The number of nitrogens with zero attached hydrogens (tertiary/aromatic N) is 2. The molecule has 2 heteroatoms. The first-order chi connectivity index (χ1) is 13.0. The van der Waals surface area contributed by atoms with Crippen LogP contribution >= 0.6 is 0 Å². The molecule has 1 heterocycles. The Labute approximate surface area is 163 Å². The number of aryl methyl sites for hydroxylation is 1. The van der Waals surface area contributed by atoms with Crippen LogP contribution in [0.4, 0.5) is 0 Å². The highest BCUT2D eigenvalue weighted by Crippen LogP contribution is 2.26. The van der Waals surface area contributed by atoms with Gasteiger partial charge in [-0.2, -0.15) is 0 Å². The molecule has 0 N–H and O–H groups in total. The summed E-state index contributed by atoms with van der Waals surface area (Å²) in [6.45, 7) is 8.93. The van der Waals surface area contributed by atoms with Gasteiger partial charge in [-0.3, -0.25) is 0 Å². The summed E-state index contributed by atoms with van der Waals surface area (Å²) in [5.41, 5.74) is 6.17. The fourth-order valence-electron chi connectivity index (χ4n) is 3.19. The lowest BCUT2D eigenvalue weighted by Crippen LogP contribution is -2.10. The summed E-state index contributed by atoms with van der Waals surface area (Å²) in [6.07, 6.45) is 8.81. The third-order valence-corrected chi connectivity index (χ3v) is 5.02. The van der Waals surface area contributed by atoms with Crippen molar-refractivity contribution < 1.29 is 0 Å². The maximum Gasteiger partial charge on any atom is 0.159 e. The Morgan fingerprint density at radius 2 is 1.30 bits per heavy atom. The molecule has 0 aliphatic carbocycles. The summed E-state index contributed by atoms with van der Waals surface area (Å²) in [5, 5.41) is 0. The summed E-state index contributed by atoms with van der Waals surface area (Å²) in [5.74, 6) is 0.783. The van der Waals surface area contributed by atoms with Crippen molar-refractivity contribution in [2.24, 2.45) is 0 Å². The minimum Gasteiger partial charge on any atom is -0.236 e. The van der Waals surface area contributed by atoms with Gasteiger partial charge in [-0.1, -0.05) is 89.1 Å². The molecule has 0 amide bonds. The normalized spacial score (nSPS) is 11.6. The molecule has 27 heavy (non-hydrogen) atoms. The van der Waals surface area contributed by atoms with E-state index in [4.69, 9.17) is 0 Å². The first-order valence-corrected chi connectivity index (χ1v) is 9.99. The van der Waals surface area contributed by atoms with Crippen molar-refractivity contribution >= 4 is 0 Å². The molecule has 0 spiro atoms. The highest BCUT2D eigenvalue weighted by atomic mass is 14.9. The van der Waals surface area contributed by atoms with Crippen LogP contribution < -0.4 is 0 Å². The van der Waals surface area contributed by atoms with Crippen LogP contribution in [-0.2, 0) is 11.8 Å². The van der Waals surface area contributed by atoms with E-state index < -0.39 is 0 Å². The van der Waals surface area contributed by atoms with E-state index in [0.717, 1.165) is 28.9 Å². The fraction of sp³-hybridized carbons (Fsp3) is 0.360. The predicted molar refractivity (Wildman–Crippen MR) is 115 cm³/mol. The van der Waals surface area contributed by atoms with Crippen LogP contribution in [0, 0.1) is 0 Å². The molecular weight excluding hydrogens is 328 g/mol. The van der Waals surface area contributed by atoms with E-state index in [0.29, 0.717) is 0 Å². The summed E-state index contributed by atoms with van der Waals surface area (Å²) in [4.78, 5) is 9.18. The van der Waals surface area contributed by atoms with Gasteiger partial charge >= 0.3 is 0 Å². The molecule has 0 unspecified atom stereocenters. The van der Waals surface area contributed by atoms with Gasteiger partial charge in [0.2, 0.25) is 0 Å². The fourth-order valence-corrected chi connectivity index (χ4v) is 3.19. The SMILES string of the molecule is CCCCCc1ccc(-c2ncc(-c3ccc(C(C)(C)C)cc3)cn2)cc1. The Hall–Kier alpha value is -2.48. The van der Waals surface area contributed by atoms with Crippen molar-refractivity contribution in [3.05, 3.63) is 72.1 Å². The molecule has 0 atom stereocenters. The van der Waals surface area contributed by atoms with Gasteiger partial charge in [-0.25, -0.2) is 9.97 Å². The van der Waals surface area contributed by atoms with Crippen LogP contribution in [0.25, 0.3) is 22.5 Å². The van der Waals surface area contributed by atoms with Crippen LogP contribution in [0.5, 0.6) is 0 Å². The lowest BCUT2D eigenvalue weighted by molar-refractivity contribution is 0.590. The minimum atomic E-state index is 0.168. The second kappa shape index (κ2) is 8.47. The molecule has 2 aromatic carbocycles. The Balaban J connectivity index is 1.71. The smallest absolute Gasteiger partial charge is 0.159 e. The first-order valence-electron chi connectivity index (χ1n) is 9.99. The van der Waals surface area contributed by atoms with Crippen molar-refractivity contribution in [2.45, 2.75) is 58.8 Å². The van der Waals surface area contributed by atoms with Crippen LogP contribution in [-0.4, -0.2) is 9.97 Å². The molecule has 0 bridgehead atoms. The van der Waals surface area contributed by atoms with E-state index in [2.05, 4.69) is 86.2 Å². The zero-order chi connectivity index (χ0) is 19.3. The van der Waals surface area contributed by atoms with E-state index in [1.807, 2.05) is 12.4 Å². The molecule has 0 saturated carbocycles. The predicted octanol–water partition coefficient (Wildman–Crippen LogP) is 6.84. The monoisotopic (exact) mass is 358 g/mol. The third kappa shape index (κ3) is 5.03. The largest absolute Gasteiger partial charge is 0.236 e. The summed E-state index contributed by atoms with van der Waals surface area (Å²) in [7, 11) is 0. The Morgan fingerprint density at radius 3 is 1.85 bits per heavy atom. The highest BCUT2D eigenvalue weighted by molar-refractivity contribution is 5.64. The van der Waals surface area contributed by atoms with E-state index >= 15 is 0 Å². The molecule has 3 aromatic rings. The number of rotatable bonds is 6. The van der Waals surface area contributed by atoms with Gasteiger partial charge in [0.25, 0.3) is 0 Å². The second-order valence-electron chi connectivity index (χ2n) is 8.28. The minimum absolute atomic E-state index is 0.168. The summed E-state index contributed by atoms with van der Waals surface area (Å²) < 4.78 is 0. The third-order valence-electron chi connectivity index (χ3n) is 5.02. The molecule has 0 aliphatic heterocycles. The topological polar surface area (TPSA) is 25.8 Å². The molecule has 0 saturated heterocycles. The number of hydrogen-bond acceptors (Lipinski definition) is 2. The van der Waals surface area contributed by atoms with Gasteiger partial charge in [0.05, 0.1) is 0 Å². The maximum atomic E-state index is 4.59. The van der Waals surface area contributed by atoms with Gasteiger partial charge in [-0.15, -0.1) is 0 Å². The van der Waals surface area contributed by atoms with Crippen molar-refractivity contribution in [1.82, 2.24) is 9.97 Å². The number of unbranched alkanes of at least 4 members (excludes halogenated alkanes) is 2. The summed E-state index contributed by atoms with van der Waals surface area (Å²) >= 11 is 0. The molecular formula is C25H30N2. The van der Waals surface area contributed by atoms with Gasteiger partial charge in [0.15, 0.2) is 5.82 Å². The maximum absolute atomic E-state index is 4.59. The number of benzene rings is 2. The average molecular weight is 359 g/mol. The Morgan fingerprint density at radius 1 is 0.704 bits per heavy atom. The van der Waals surface area contributed by atoms with Gasteiger partial charge in [-0.05, 0) is 34.9 Å². The van der Waals surface area contributed by atoms with E-state index in [1.54, 1.807) is 0 Å². The molecule has 1 aromatic heterocycles. The number of aromatic nitrogens is 2. The average Bonchev–Trinajstić information content (AvgIpc) is 2.68. The lowest BCUT2D eigenvalue weighted by atomic mass is 9.86. The van der Waals surface area contributed by atoms with E-state index in [1.165, 1.54) is 30.4 Å². The number of hydrogen-bond donors (Lipinski definition) is 0. The Kier molecular flexibility index (Phi) is 6.05. The van der Waals surface area contributed by atoms with E-state index in [9.17, 15) is 0 Å². The molecule has 3 rings (SSSR count). The first kappa shape index (κ1) is 19.3. The van der Waals surface area contributed by atoms with Gasteiger partial charge in [0, 0.05) is 23.5 Å². The molecule has 140 valence electrons. The molecule has 0 aliphatic rings. The van der Waals surface area contributed by atoms with E-state index in [-0.39, 0.29) is 5.41 Å². The van der Waals surface area contributed by atoms with Crippen molar-refractivity contribution in [3.63, 3.8) is 0 Å². The lowest BCUT2D eigenvalue weighted by Gasteiger charge is -2.19. The second-order valence-corrected chi connectivity index (χ2v) is 8.28. The van der Waals surface area contributed by atoms with Crippen molar-refractivity contribution in [1.29, 1.82) is 0 Å². The van der Waals surface area contributed by atoms with Crippen molar-refractivity contribution in [3.8, 4) is 22.5 Å². The Bertz CT molecular complexity index is 839. The summed E-state index contributed by atoms with van der Waals surface area (Å²) in [6, 6.07) is 17.4. The quantitative estimate of drug-likeness (QED) is 0.451. The molecule has 0 fully saturated rings. The highest BCUT2D eigenvalue weighted by Gasteiger charge is 2.13. The van der Waals surface area contributed by atoms with Gasteiger partial charge < -0.3 is 0 Å². The van der Waals surface area contributed by atoms with Gasteiger partial charge in [0.1, 0.15) is 0 Å². The molecule has 2 nitrogen and oxygen atoms in total. The zero-order valence-electron chi connectivity index (χ0n) is 17.0. The van der Waals surface area contributed by atoms with Crippen LogP contribution in [0.2, 0.25) is 0 Å².